The fraction of sp³-hybridized carbons (Fsp3) is 0.263. The van der Waals surface area contributed by atoms with Gasteiger partial charge < -0.3 is 14.4 Å². The van der Waals surface area contributed by atoms with E-state index in [9.17, 15) is 9.59 Å². The number of amides is 2. The summed E-state index contributed by atoms with van der Waals surface area (Å²) < 4.78 is 9.96. The number of methoxy groups -OCH3 is 2. The molecule has 0 fully saturated rings. The van der Waals surface area contributed by atoms with Crippen LogP contribution in [0, 0.1) is 0 Å². The van der Waals surface area contributed by atoms with Gasteiger partial charge in [0, 0.05) is 23.4 Å². The number of benzene rings is 1. The quantitative estimate of drug-likeness (QED) is 0.681. The number of anilines is 1. The van der Waals surface area contributed by atoms with Crippen LogP contribution in [0.25, 0.3) is 11.3 Å². The summed E-state index contributed by atoms with van der Waals surface area (Å²) in [5.74, 6) is 0.552. The largest absolute Gasteiger partial charge is 0.496 e. The van der Waals surface area contributed by atoms with E-state index in [0.717, 1.165) is 16.1 Å². The van der Waals surface area contributed by atoms with Gasteiger partial charge >= 0.3 is 6.09 Å². The summed E-state index contributed by atoms with van der Waals surface area (Å²) in [6.45, 7) is 0.966. The number of aromatic amines is 1. The lowest BCUT2D eigenvalue weighted by Crippen LogP contribution is -2.35. The molecule has 29 heavy (non-hydrogen) atoms. The number of para-hydroxylation sites is 1. The van der Waals surface area contributed by atoms with Crippen LogP contribution in [0.3, 0.4) is 0 Å². The molecule has 1 aromatic carbocycles. The lowest BCUT2D eigenvalue weighted by Gasteiger charge is -2.25. The number of thiazole rings is 1. The second-order valence-electron chi connectivity index (χ2n) is 6.35. The van der Waals surface area contributed by atoms with Gasteiger partial charge in [0.1, 0.15) is 11.4 Å². The van der Waals surface area contributed by atoms with Crippen molar-refractivity contribution in [1.82, 2.24) is 20.1 Å². The predicted molar refractivity (Wildman–Crippen MR) is 107 cm³/mol. The highest BCUT2D eigenvalue weighted by Gasteiger charge is 2.26. The summed E-state index contributed by atoms with van der Waals surface area (Å²) in [5.41, 5.74) is 2.76. The van der Waals surface area contributed by atoms with Gasteiger partial charge in [-0.2, -0.15) is 5.10 Å². The number of ether oxygens (including phenoxy) is 2. The molecule has 2 aromatic heterocycles. The highest BCUT2D eigenvalue weighted by molar-refractivity contribution is 7.15. The van der Waals surface area contributed by atoms with E-state index in [1.54, 1.807) is 18.1 Å². The van der Waals surface area contributed by atoms with Crippen molar-refractivity contribution in [2.45, 2.75) is 13.0 Å². The number of aromatic nitrogens is 3. The van der Waals surface area contributed by atoms with E-state index in [4.69, 9.17) is 4.74 Å². The molecule has 1 aliphatic heterocycles. The van der Waals surface area contributed by atoms with Gasteiger partial charge in [-0.25, -0.2) is 9.78 Å². The average Bonchev–Trinajstić information content (AvgIpc) is 3.39. The molecule has 4 rings (SSSR count). The molecule has 0 spiro atoms. The predicted octanol–water partition coefficient (Wildman–Crippen LogP) is 2.92. The van der Waals surface area contributed by atoms with E-state index >= 15 is 0 Å². The van der Waals surface area contributed by atoms with Crippen LogP contribution in [-0.4, -0.2) is 52.8 Å². The number of hydrogen-bond donors (Lipinski definition) is 2. The smallest absolute Gasteiger partial charge is 0.413 e. The van der Waals surface area contributed by atoms with Gasteiger partial charge in [-0.05, 0) is 18.2 Å². The number of rotatable bonds is 4. The van der Waals surface area contributed by atoms with Crippen LogP contribution >= 0.6 is 11.3 Å². The van der Waals surface area contributed by atoms with E-state index < -0.39 is 6.09 Å². The molecular weight excluding hydrogens is 394 g/mol. The van der Waals surface area contributed by atoms with Crippen molar-refractivity contribution in [3.8, 4) is 17.0 Å². The van der Waals surface area contributed by atoms with Gasteiger partial charge in [0.05, 0.1) is 32.2 Å². The normalized spacial score (nSPS) is 13.0. The standard InChI is InChI=1S/C19H19N5O4S/c1-27-15-6-4-3-5-11(15)13-9-14(23-22-13)17(25)24-8-7-12-16(10-24)29-18(20-12)21-19(26)28-2/h3-6,9H,7-8,10H2,1-2H3,(H,22,23)(H,20,21,26). The molecule has 2 N–H and O–H groups in total. The Morgan fingerprint density at radius 2 is 2.10 bits per heavy atom. The molecule has 2 amide bonds. The topological polar surface area (TPSA) is 109 Å². The van der Waals surface area contributed by atoms with Gasteiger partial charge in [0.15, 0.2) is 5.13 Å². The summed E-state index contributed by atoms with van der Waals surface area (Å²) in [6, 6.07) is 9.24. The fourth-order valence-electron chi connectivity index (χ4n) is 3.16. The van der Waals surface area contributed by atoms with Crippen molar-refractivity contribution in [2.24, 2.45) is 0 Å². The van der Waals surface area contributed by atoms with E-state index in [0.29, 0.717) is 41.8 Å². The Morgan fingerprint density at radius 3 is 2.90 bits per heavy atom. The van der Waals surface area contributed by atoms with Crippen LogP contribution in [0.5, 0.6) is 5.75 Å². The minimum atomic E-state index is -0.564. The number of fused-ring (bicyclic) bond motifs is 1. The maximum absolute atomic E-state index is 13.0. The van der Waals surface area contributed by atoms with Crippen LogP contribution in [0.2, 0.25) is 0 Å². The molecule has 10 heteroatoms. The first kappa shape index (κ1) is 18.9. The summed E-state index contributed by atoms with van der Waals surface area (Å²) in [7, 11) is 2.90. The Kier molecular flexibility index (Phi) is 5.17. The third-order valence-electron chi connectivity index (χ3n) is 4.60. The molecule has 0 atom stereocenters. The Hall–Kier alpha value is -3.40. The second-order valence-corrected chi connectivity index (χ2v) is 7.43. The van der Waals surface area contributed by atoms with E-state index in [1.165, 1.54) is 18.4 Å². The minimum Gasteiger partial charge on any atom is -0.496 e. The molecule has 0 bridgehead atoms. The van der Waals surface area contributed by atoms with Crippen molar-refractivity contribution in [3.05, 3.63) is 46.6 Å². The zero-order valence-corrected chi connectivity index (χ0v) is 16.7. The van der Waals surface area contributed by atoms with E-state index in [-0.39, 0.29) is 5.91 Å². The van der Waals surface area contributed by atoms with Gasteiger partial charge in [-0.1, -0.05) is 23.5 Å². The van der Waals surface area contributed by atoms with E-state index in [1.807, 2.05) is 24.3 Å². The Balaban J connectivity index is 1.50. The van der Waals surface area contributed by atoms with Crippen molar-refractivity contribution in [1.29, 1.82) is 0 Å². The number of hydrogen-bond acceptors (Lipinski definition) is 7. The van der Waals surface area contributed by atoms with Crippen LogP contribution < -0.4 is 10.1 Å². The number of carbonyl (C=O) groups excluding carboxylic acids is 2. The molecule has 3 heterocycles. The van der Waals surface area contributed by atoms with Crippen molar-refractivity contribution >= 4 is 28.5 Å². The van der Waals surface area contributed by atoms with Crippen LogP contribution in [-0.2, 0) is 17.7 Å². The second kappa shape index (κ2) is 7.92. The summed E-state index contributed by atoms with van der Waals surface area (Å²) >= 11 is 1.34. The molecule has 9 nitrogen and oxygen atoms in total. The van der Waals surface area contributed by atoms with E-state index in [2.05, 4.69) is 25.2 Å². The maximum Gasteiger partial charge on any atom is 0.413 e. The lowest BCUT2D eigenvalue weighted by atomic mass is 10.1. The number of carbonyl (C=O) groups is 2. The zero-order chi connectivity index (χ0) is 20.4. The molecule has 1 aliphatic rings. The van der Waals surface area contributed by atoms with Crippen molar-refractivity contribution < 1.29 is 19.1 Å². The van der Waals surface area contributed by atoms with Crippen molar-refractivity contribution in [2.75, 3.05) is 26.1 Å². The van der Waals surface area contributed by atoms with Crippen molar-refractivity contribution in [3.63, 3.8) is 0 Å². The minimum absolute atomic E-state index is 0.139. The highest BCUT2D eigenvalue weighted by atomic mass is 32.1. The van der Waals surface area contributed by atoms with Crippen LogP contribution in [0.15, 0.2) is 30.3 Å². The molecule has 3 aromatic rings. The third-order valence-corrected chi connectivity index (χ3v) is 5.60. The number of nitrogens with zero attached hydrogens (tertiary/aromatic N) is 3. The molecular formula is C19H19N5O4S. The van der Waals surface area contributed by atoms with Gasteiger partial charge in [-0.15, -0.1) is 0 Å². The molecule has 0 saturated heterocycles. The average molecular weight is 413 g/mol. The summed E-state index contributed by atoms with van der Waals surface area (Å²) in [6.07, 6.45) is 0.0545. The fourth-order valence-corrected chi connectivity index (χ4v) is 4.17. The first-order valence-electron chi connectivity index (χ1n) is 8.90. The molecule has 0 radical (unpaired) electrons. The molecule has 0 saturated carbocycles. The Labute approximate surface area is 170 Å². The summed E-state index contributed by atoms with van der Waals surface area (Å²) in [5, 5.41) is 10.2. The molecule has 0 aliphatic carbocycles. The van der Waals surface area contributed by atoms with Gasteiger partial charge in [0.25, 0.3) is 5.91 Å². The number of nitrogens with one attached hydrogen (secondary N) is 2. The van der Waals surface area contributed by atoms with Gasteiger partial charge in [-0.3, -0.25) is 15.2 Å². The Morgan fingerprint density at radius 1 is 1.28 bits per heavy atom. The highest BCUT2D eigenvalue weighted by Crippen LogP contribution is 2.31. The molecule has 0 unspecified atom stereocenters. The first-order chi connectivity index (χ1) is 14.1. The zero-order valence-electron chi connectivity index (χ0n) is 15.9. The SMILES string of the molecule is COC(=O)Nc1nc2c(s1)CN(C(=O)c1cc(-c3ccccc3OC)n[nH]1)CC2. The summed E-state index contributed by atoms with van der Waals surface area (Å²) in [4.78, 5) is 31.4. The third kappa shape index (κ3) is 3.79. The van der Waals surface area contributed by atoms with Crippen LogP contribution in [0.1, 0.15) is 21.1 Å². The number of H-pyrrole nitrogens is 1. The van der Waals surface area contributed by atoms with Gasteiger partial charge in [0.2, 0.25) is 0 Å². The Bertz CT molecular complexity index is 1060. The molecule has 150 valence electrons. The first-order valence-corrected chi connectivity index (χ1v) is 9.72. The monoisotopic (exact) mass is 413 g/mol. The maximum atomic E-state index is 13.0. The lowest BCUT2D eigenvalue weighted by molar-refractivity contribution is 0.0730. The van der Waals surface area contributed by atoms with Crippen LogP contribution in [0.4, 0.5) is 9.93 Å².